The van der Waals surface area contributed by atoms with Gasteiger partial charge in [-0.15, -0.1) is 0 Å². The lowest BCUT2D eigenvalue weighted by molar-refractivity contribution is -0.119. The maximum absolute atomic E-state index is 11.3. The Balaban J connectivity index is 1.46. The molecule has 0 saturated carbocycles. The molecular weight excluding hydrogens is 364 g/mol. The molecule has 6 nitrogen and oxygen atoms in total. The second-order valence-electron chi connectivity index (χ2n) is 7.54. The number of likely N-dealkylation sites (tertiary alicyclic amines) is 1. The number of nitrogens with one attached hydrogen (secondary N) is 1. The number of amides is 1. The molecule has 0 radical (unpaired) electrons. The minimum absolute atomic E-state index is 0.0386. The maximum atomic E-state index is 11.3. The zero-order valence-corrected chi connectivity index (χ0v) is 16.8. The molecule has 1 aliphatic heterocycles. The highest BCUT2D eigenvalue weighted by Gasteiger charge is 2.24. The van der Waals surface area contributed by atoms with E-state index in [4.69, 9.17) is 4.74 Å². The van der Waals surface area contributed by atoms with Crippen molar-refractivity contribution in [3.8, 4) is 22.8 Å². The van der Waals surface area contributed by atoms with Crippen LogP contribution in [0, 0.1) is 0 Å². The minimum atomic E-state index is 0.0386. The van der Waals surface area contributed by atoms with E-state index in [1.807, 2.05) is 66.3 Å². The molecule has 2 aromatic carbocycles. The predicted octanol–water partition coefficient (Wildman–Crippen LogP) is 3.59. The summed E-state index contributed by atoms with van der Waals surface area (Å²) in [5, 5.41) is 7.70. The van der Waals surface area contributed by atoms with E-state index in [1.54, 1.807) is 6.92 Å². The first-order chi connectivity index (χ1) is 14.1. The van der Waals surface area contributed by atoms with Gasteiger partial charge in [-0.3, -0.25) is 14.4 Å². The minimum Gasteiger partial charge on any atom is -0.457 e. The van der Waals surface area contributed by atoms with Gasteiger partial charge in [-0.25, -0.2) is 0 Å². The van der Waals surface area contributed by atoms with E-state index >= 15 is 0 Å². The first-order valence-electron chi connectivity index (χ1n) is 9.92. The number of hydrogen-bond donors (Lipinski definition) is 1. The quantitative estimate of drug-likeness (QED) is 0.699. The molecule has 2 heterocycles. The largest absolute Gasteiger partial charge is 0.457 e. The van der Waals surface area contributed by atoms with Crippen molar-refractivity contribution in [2.45, 2.75) is 25.9 Å². The van der Waals surface area contributed by atoms with Gasteiger partial charge in [0, 0.05) is 57.0 Å². The highest BCUT2D eigenvalue weighted by molar-refractivity contribution is 5.73. The van der Waals surface area contributed by atoms with Gasteiger partial charge in [-0.1, -0.05) is 18.2 Å². The van der Waals surface area contributed by atoms with Crippen molar-refractivity contribution in [2.75, 3.05) is 13.1 Å². The van der Waals surface area contributed by atoms with Gasteiger partial charge in [0.2, 0.25) is 5.91 Å². The molecular formula is C23H26N4O2. The summed E-state index contributed by atoms with van der Waals surface area (Å²) < 4.78 is 7.75. The number of aromatic nitrogens is 2. The van der Waals surface area contributed by atoms with E-state index in [0.29, 0.717) is 0 Å². The highest BCUT2D eigenvalue weighted by atomic mass is 16.5. The summed E-state index contributed by atoms with van der Waals surface area (Å²) >= 11 is 0. The molecule has 29 heavy (non-hydrogen) atoms. The lowest BCUT2D eigenvalue weighted by atomic mass is 10.1. The number of nitrogens with zero attached hydrogens (tertiary/aromatic N) is 3. The summed E-state index contributed by atoms with van der Waals surface area (Å²) in [6, 6.07) is 18.1. The van der Waals surface area contributed by atoms with E-state index in [9.17, 15) is 4.79 Å². The van der Waals surface area contributed by atoms with Crippen molar-refractivity contribution in [3.63, 3.8) is 0 Å². The Labute approximate surface area is 171 Å². The molecule has 1 aromatic heterocycles. The second-order valence-corrected chi connectivity index (χ2v) is 7.54. The Kier molecular flexibility index (Phi) is 5.62. The zero-order chi connectivity index (χ0) is 20.2. The summed E-state index contributed by atoms with van der Waals surface area (Å²) in [5.74, 6) is 1.66. The number of hydrogen-bond acceptors (Lipinski definition) is 4. The van der Waals surface area contributed by atoms with Crippen molar-refractivity contribution in [1.29, 1.82) is 0 Å². The van der Waals surface area contributed by atoms with E-state index in [-0.39, 0.29) is 11.9 Å². The number of ether oxygens (including phenoxy) is 1. The normalized spacial score (nSPS) is 16.7. The van der Waals surface area contributed by atoms with Crippen LogP contribution < -0.4 is 10.1 Å². The zero-order valence-electron chi connectivity index (χ0n) is 16.8. The van der Waals surface area contributed by atoms with Crippen molar-refractivity contribution in [2.24, 2.45) is 7.05 Å². The standard InChI is InChI=1S/C23H26N4O2/c1-17(28)24-20-12-13-27(16-20)15-19-14-26(2)25-23(19)18-8-10-22(11-9-18)29-21-6-4-3-5-7-21/h3-11,14,20H,12-13,15-16H2,1-2H3,(H,24,28)/t20-/m1/s1. The molecule has 1 aliphatic rings. The van der Waals surface area contributed by atoms with Crippen molar-refractivity contribution in [3.05, 3.63) is 66.4 Å². The second kappa shape index (κ2) is 8.49. The summed E-state index contributed by atoms with van der Waals surface area (Å²) in [4.78, 5) is 13.7. The number of benzene rings is 2. The fourth-order valence-electron chi connectivity index (χ4n) is 3.82. The van der Waals surface area contributed by atoms with Crippen molar-refractivity contribution < 1.29 is 9.53 Å². The number of aryl methyl sites for hydroxylation is 1. The third kappa shape index (κ3) is 4.84. The summed E-state index contributed by atoms with van der Waals surface area (Å²) in [5.41, 5.74) is 3.24. The molecule has 4 rings (SSSR count). The Hall–Kier alpha value is -3.12. The molecule has 1 amide bonds. The molecule has 3 aromatic rings. The predicted molar refractivity (Wildman–Crippen MR) is 113 cm³/mol. The number of carbonyl (C=O) groups excluding carboxylic acids is 1. The fourth-order valence-corrected chi connectivity index (χ4v) is 3.82. The molecule has 0 aliphatic carbocycles. The van der Waals surface area contributed by atoms with Crippen LogP contribution in [0.15, 0.2) is 60.8 Å². The third-order valence-electron chi connectivity index (χ3n) is 5.08. The van der Waals surface area contributed by atoms with Gasteiger partial charge >= 0.3 is 0 Å². The maximum Gasteiger partial charge on any atom is 0.217 e. The van der Waals surface area contributed by atoms with Gasteiger partial charge in [-0.2, -0.15) is 5.10 Å². The summed E-state index contributed by atoms with van der Waals surface area (Å²) in [6.07, 6.45) is 3.07. The number of rotatable bonds is 6. The average molecular weight is 390 g/mol. The molecule has 0 spiro atoms. The lowest BCUT2D eigenvalue weighted by Gasteiger charge is -2.16. The Morgan fingerprint density at radius 1 is 1.14 bits per heavy atom. The van der Waals surface area contributed by atoms with Gasteiger partial charge in [0.1, 0.15) is 11.5 Å². The van der Waals surface area contributed by atoms with Crippen LogP contribution in [0.2, 0.25) is 0 Å². The molecule has 0 bridgehead atoms. The van der Waals surface area contributed by atoms with Gasteiger partial charge in [0.05, 0.1) is 5.69 Å². The van der Waals surface area contributed by atoms with Crippen LogP contribution in [0.25, 0.3) is 11.3 Å². The van der Waals surface area contributed by atoms with Crippen molar-refractivity contribution >= 4 is 5.91 Å². The fraction of sp³-hybridized carbons (Fsp3) is 0.304. The molecule has 1 atom stereocenters. The van der Waals surface area contributed by atoms with E-state index in [1.165, 1.54) is 5.56 Å². The first-order valence-corrected chi connectivity index (χ1v) is 9.92. The van der Waals surface area contributed by atoms with E-state index in [0.717, 1.165) is 48.8 Å². The van der Waals surface area contributed by atoms with Crippen LogP contribution in [0.1, 0.15) is 18.9 Å². The first kappa shape index (κ1) is 19.2. The Morgan fingerprint density at radius 3 is 2.59 bits per heavy atom. The monoisotopic (exact) mass is 390 g/mol. The molecule has 6 heteroatoms. The smallest absolute Gasteiger partial charge is 0.217 e. The molecule has 150 valence electrons. The SMILES string of the molecule is CC(=O)N[C@@H]1CCN(Cc2cn(C)nc2-c2ccc(Oc3ccccc3)cc2)C1. The van der Waals surface area contributed by atoms with Gasteiger partial charge < -0.3 is 10.1 Å². The average Bonchev–Trinajstić information content (AvgIpc) is 3.29. The van der Waals surface area contributed by atoms with Crippen LogP contribution in [0.5, 0.6) is 11.5 Å². The van der Waals surface area contributed by atoms with Crippen molar-refractivity contribution in [1.82, 2.24) is 20.0 Å². The lowest BCUT2D eigenvalue weighted by Crippen LogP contribution is -2.35. The van der Waals surface area contributed by atoms with Crippen LogP contribution in [-0.4, -0.2) is 39.7 Å². The highest BCUT2D eigenvalue weighted by Crippen LogP contribution is 2.28. The van der Waals surface area contributed by atoms with Gasteiger partial charge in [0.15, 0.2) is 0 Å². The number of para-hydroxylation sites is 1. The third-order valence-corrected chi connectivity index (χ3v) is 5.08. The Bertz CT molecular complexity index is 966. The van der Waals surface area contributed by atoms with Crippen LogP contribution >= 0.6 is 0 Å². The van der Waals surface area contributed by atoms with Gasteiger partial charge in [0.25, 0.3) is 0 Å². The molecule has 1 fully saturated rings. The van der Waals surface area contributed by atoms with Crippen LogP contribution in [0.4, 0.5) is 0 Å². The Morgan fingerprint density at radius 2 is 1.86 bits per heavy atom. The van der Waals surface area contributed by atoms with E-state index in [2.05, 4.69) is 21.5 Å². The summed E-state index contributed by atoms with van der Waals surface area (Å²) in [6.45, 7) is 4.25. The molecule has 0 unspecified atom stereocenters. The summed E-state index contributed by atoms with van der Waals surface area (Å²) in [7, 11) is 1.95. The van der Waals surface area contributed by atoms with Crippen LogP contribution in [0.3, 0.4) is 0 Å². The number of carbonyl (C=O) groups is 1. The molecule has 1 N–H and O–H groups in total. The van der Waals surface area contributed by atoms with E-state index < -0.39 is 0 Å². The van der Waals surface area contributed by atoms with Crippen LogP contribution in [-0.2, 0) is 18.4 Å². The topological polar surface area (TPSA) is 59.4 Å². The molecule has 1 saturated heterocycles. The van der Waals surface area contributed by atoms with Gasteiger partial charge in [-0.05, 0) is 42.8 Å².